The normalized spacial score (nSPS) is 25.6. The topological polar surface area (TPSA) is 84.0 Å². The fourth-order valence-electron chi connectivity index (χ4n) is 6.13. The Balaban J connectivity index is 1.49. The minimum absolute atomic E-state index is 0.105. The third-order valence-electron chi connectivity index (χ3n) is 7.77. The Kier molecular flexibility index (Phi) is 6.25. The summed E-state index contributed by atoms with van der Waals surface area (Å²) in [7, 11) is -3.91. The first-order valence-electron chi connectivity index (χ1n) is 12.7. The lowest BCUT2D eigenvalue weighted by Gasteiger charge is -2.31. The van der Waals surface area contributed by atoms with Crippen molar-refractivity contribution >= 4 is 38.9 Å². The number of hydrogen-bond donors (Lipinski definition) is 0. The molecule has 0 saturated carbocycles. The number of sulfonamides is 1. The number of imide groups is 1. The summed E-state index contributed by atoms with van der Waals surface area (Å²) < 4.78 is 35.8. The number of hydrogen-bond acceptors (Lipinski definition) is 6. The average molecular weight is 549 g/mol. The zero-order valence-corrected chi connectivity index (χ0v) is 22.7. The van der Waals surface area contributed by atoms with Crippen molar-refractivity contribution in [2.45, 2.75) is 31.2 Å². The van der Waals surface area contributed by atoms with Crippen molar-refractivity contribution in [2.75, 3.05) is 18.1 Å². The van der Waals surface area contributed by atoms with Crippen LogP contribution in [-0.4, -0.2) is 37.7 Å². The lowest BCUT2D eigenvalue weighted by Crippen LogP contribution is -2.35. The molecule has 3 heterocycles. The highest BCUT2D eigenvalue weighted by atomic mass is 32.2. The van der Waals surface area contributed by atoms with Crippen LogP contribution in [0.2, 0.25) is 0 Å². The molecule has 0 radical (unpaired) electrons. The Morgan fingerprint density at radius 1 is 0.947 bits per heavy atom. The van der Waals surface area contributed by atoms with Crippen LogP contribution in [0.15, 0.2) is 88.3 Å². The molecule has 4 atom stereocenters. The van der Waals surface area contributed by atoms with Crippen molar-refractivity contribution in [1.29, 1.82) is 0 Å². The second kappa shape index (κ2) is 9.48. The molecule has 2 aliphatic heterocycles. The molecule has 3 aromatic rings. The number of thiophene rings is 1. The lowest BCUT2D eigenvalue weighted by atomic mass is 9.72. The van der Waals surface area contributed by atoms with Gasteiger partial charge in [0.2, 0.25) is 21.8 Å². The molecule has 196 valence electrons. The van der Waals surface area contributed by atoms with Gasteiger partial charge in [-0.1, -0.05) is 42.0 Å². The molecule has 3 aliphatic rings. The molecule has 1 aliphatic carbocycles. The molecule has 2 aromatic carbocycles. The number of anilines is 1. The lowest BCUT2D eigenvalue weighted by molar-refractivity contribution is -0.122. The van der Waals surface area contributed by atoms with E-state index in [0.29, 0.717) is 18.1 Å². The molecular formula is C29H28N2O5S2. The SMILES string of the molecule is CCOC1=C2[C@@H](CN(S(=O)(=O)c3ccc(C)cc3)[C@H]2c2cccs2)[C@H]2C(=O)N(c3ccccc3)C(=O)[C@H]2C1. The fourth-order valence-corrected chi connectivity index (χ4v) is 8.66. The monoisotopic (exact) mass is 548 g/mol. The molecule has 2 amide bonds. The van der Waals surface area contributed by atoms with Gasteiger partial charge in [0.25, 0.3) is 0 Å². The number of fused-ring (bicyclic) bond motifs is 3. The second-order valence-electron chi connectivity index (χ2n) is 9.91. The predicted molar refractivity (Wildman–Crippen MR) is 145 cm³/mol. The zero-order valence-electron chi connectivity index (χ0n) is 21.1. The quantitative estimate of drug-likeness (QED) is 0.409. The maximum atomic E-state index is 14.1. The third-order valence-corrected chi connectivity index (χ3v) is 10.5. The summed E-state index contributed by atoms with van der Waals surface area (Å²) in [5.41, 5.74) is 2.31. The van der Waals surface area contributed by atoms with Gasteiger partial charge in [0.05, 0.1) is 40.8 Å². The van der Waals surface area contributed by atoms with Crippen LogP contribution in [0.25, 0.3) is 0 Å². The summed E-state index contributed by atoms with van der Waals surface area (Å²) >= 11 is 1.48. The van der Waals surface area contributed by atoms with Gasteiger partial charge in [0.1, 0.15) is 0 Å². The second-order valence-corrected chi connectivity index (χ2v) is 12.8. The third kappa shape index (κ3) is 3.83. The van der Waals surface area contributed by atoms with Crippen molar-refractivity contribution in [3.63, 3.8) is 0 Å². The molecule has 1 aromatic heterocycles. The molecule has 9 heteroatoms. The number of allylic oxidation sites excluding steroid dienone is 1. The van der Waals surface area contributed by atoms with E-state index in [-0.39, 0.29) is 29.7 Å². The van der Waals surface area contributed by atoms with Crippen LogP contribution >= 0.6 is 11.3 Å². The van der Waals surface area contributed by atoms with Crippen LogP contribution in [0.1, 0.15) is 29.8 Å². The first-order valence-corrected chi connectivity index (χ1v) is 15.1. The first kappa shape index (κ1) is 25.0. The van der Waals surface area contributed by atoms with Gasteiger partial charge in [-0.3, -0.25) is 14.5 Å². The van der Waals surface area contributed by atoms with E-state index < -0.39 is 33.8 Å². The highest BCUT2D eigenvalue weighted by Gasteiger charge is 2.60. The first-order chi connectivity index (χ1) is 18.3. The predicted octanol–water partition coefficient (Wildman–Crippen LogP) is 4.92. The number of rotatable bonds is 6. The van der Waals surface area contributed by atoms with E-state index in [1.807, 2.05) is 37.4 Å². The average Bonchev–Trinajstić information content (AvgIpc) is 3.63. The Bertz CT molecular complexity index is 1510. The molecule has 0 N–H and O–H groups in total. The molecule has 0 bridgehead atoms. The summed E-state index contributed by atoms with van der Waals surface area (Å²) in [5, 5.41) is 1.92. The molecular weight excluding hydrogens is 520 g/mol. The van der Waals surface area contributed by atoms with Crippen molar-refractivity contribution in [2.24, 2.45) is 17.8 Å². The summed E-state index contributed by atoms with van der Waals surface area (Å²) in [6.45, 7) is 4.28. The molecule has 6 rings (SSSR count). The maximum Gasteiger partial charge on any atom is 0.243 e. The van der Waals surface area contributed by atoms with E-state index in [1.165, 1.54) is 20.5 Å². The summed E-state index contributed by atoms with van der Waals surface area (Å²) in [6, 6.07) is 19.0. The molecule has 2 fully saturated rings. The van der Waals surface area contributed by atoms with Gasteiger partial charge >= 0.3 is 0 Å². The van der Waals surface area contributed by atoms with E-state index in [1.54, 1.807) is 48.5 Å². The highest BCUT2D eigenvalue weighted by Crippen LogP contribution is 2.56. The van der Waals surface area contributed by atoms with Crippen LogP contribution in [0.3, 0.4) is 0 Å². The highest BCUT2D eigenvalue weighted by molar-refractivity contribution is 7.89. The van der Waals surface area contributed by atoms with Crippen molar-refractivity contribution < 1.29 is 22.7 Å². The number of benzene rings is 2. The summed E-state index contributed by atoms with van der Waals surface area (Å²) in [5.74, 6) is -1.60. The number of amides is 2. The van der Waals surface area contributed by atoms with E-state index >= 15 is 0 Å². The van der Waals surface area contributed by atoms with Crippen LogP contribution in [0, 0.1) is 24.7 Å². The van der Waals surface area contributed by atoms with Crippen molar-refractivity contribution in [1.82, 2.24) is 4.31 Å². The van der Waals surface area contributed by atoms with Crippen molar-refractivity contribution in [3.8, 4) is 0 Å². The number of nitrogens with zero attached hydrogens (tertiary/aromatic N) is 2. The van der Waals surface area contributed by atoms with Gasteiger partial charge in [0, 0.05) is 23.8 Å². The molecule has 7 nitrogen and oxygen atoms in total. The van der Waals surface area contributed by atoms with Gasteiger partial charge in [-0.05, 0) is 55.1 Å². The van der Waals surface area contributed by atoms with Gasteiger partial charge in [-0.2, -0.15) is 4.31 Å². The van der Waals surface area contributed by atoms with E-state index in [0.717, 1.165) is 16.0 Å². The Hall–Kier alpha value is -3.27. The largest absolute Gasteiger partial charge is 0.498 e. The van der Waals surface area contributed by atoms with E-state index in [2.05, 4.69) is 0 Å². The summed E-state index contributed by atoms with van der Waals surface area (Å²) in [6.07, 6.45) is 0.276. The molecule has 0 unspecified atom stereocenters. The Morgan fingerprint density at radius 2 is 1.68 bits per heavy atom. The van der Waals surface area contributed by atoms with Crippen LogP contribution in [0.5, 0.6) is 0 Å². The van der Waals surface area contributed by atoms with Crippen LogP contribution < -0.4 is 4.90 Å². The smallest absolute Gasteiger partial charge is 0.243 e. The van der Waals surface area contributed by atoms with Crippen LogP contribution in [-0.2, 0) is 24.3 Å². The standard InChI is InChI=1S/C29H28N2O5S2/c1-3-36-23-16-21-25(29(33)31(28(21)32)19-8-5-4-6-9-19)22-17-30(27(26(22)23)24-10-7-15-37-24)38(34,35)20-13-11-18(2)12-14-20/h4-15,21-22,25,27H,3,16-17H2,1-2H3/t21-,22-,25-,27-/m0/s1. The van der Waals surface area contributed by atoms with Crippen LogP contribution in [0.4, 0.5) is 5.69 Å². The van der Waals surface area contributed by atoms with E-state index in [4.69, 9.17) is 4.74 Å². The van der Waals surface area contributed by atoms with Gasteiger partial charge in [-0.25, -0.2) is 8.42 Å². The van der Waals surface area contributed by atoms with E-state index in [9.17, 15) is 18.0 Å². The molecule has 2 saturated heterocycles. The summed E-state index contributed by atoms with van der Waals surface area (Å²) in [4.78, 5) is 29.9. The Labute approximate surface area is 226 Å². The maximum absolute atomic E-state index is 14.1. The number of ether oxygens (including phenoxy) is 1. The molecule has 0 spiro atoms. The number of aryl methyl sites for hydroxylation is 1. The number of para-hydroxylation sites is 1. The molecule has 38 heavy (non-hydrogen) atoms. The van der Waals surface area contributed by atoms with Gasteiger partial charge in [0.15, 0.2) is 0 Å². The van der Waals surface area contributed by atoms with Gasteiger partial charge < -0.3 is 4.74 Å². The number of carbonyl (C=O) groups excluding carboxylic acids is 2. The Morgan fingerprint density at radius 3 is 2.34 bits per heavy atom. The minimum atomic E-state index is -3.91. The number of carbonyl (C=O) groups is 2. The van der Waals surface area contributed by atoms with Crippen molar-refractivity contribution in [3.05, 3.63) is 93.9 Å². The minimum Gasteiger partial charge on any atom is -0.498 e. The fraction of sp³-hybridized carbons (Fsp3) is 0.310. The van der Waals surface area contributed by atoms with Gasteiger partial charge in [-0.15, -0.1) is 11.3 Å². The zero-order chi connectivity index (χ0) is 26.6.